The number of hydrogen-bond donors (Lipinski definition) is 0. The molecule has 2 rings (SSSR count). The zero-order valence-corrected chi connectivity index (χ0v) is 11.0. The standard InChI is InChI=1S/C11H16NO2S2/c1-2-14-10(13)9-5-3-4-6-12(9)11-15-7-8-16-11/h7-9H,2-6H2,1H3/q+1. The van der Waals surface area contributed by atoms with Crippen LogP contribution in [0.5, 0.6) is 0 Å². The largest absolute Gasteiger partial charge is 0.461 e. The van der Waals surface area contributed by atoms with Crippen LogP contribution in [-0.2, 0) is 9.53 Å². The third-order valence-electron chi connectivity index (χ3n) is 2.69. The average molecular weight is 258 g/mol. The molecule has 88 valence electrons. The molecule has 1 aromatic rings. The van der Waals surface area contributed by atoms with Gasteiger partial charge in [0.1, 0.15) is 6.54 Å². The summed E-state index contributed by atoms with van der Waals surface area (Å²) in [5, 5.41) is 4.13. The summed E-state index contributed by atoms with van der Waals surface area (Å²) < 4.78 is 8.56. The van der Waals surface area contributed by atoms with E-state index in [-0.39, 0.29) is 12.0 Å². The zero-order chi connectivity index (χ0) is 11.4. The molecule has 0 amide bonds. The maximum absolute atomic E-state index is 11.8. The van der Waals surface area contributed by atoms with Crippen molar-refractivity contribution >= 4 is 28.6 Å². The lowest BCUT2D eigenvalue weighted by atomic mass is 10.0. The van der Waals surface area contributed by atoms with Crippen molar-refractivity contribution in [2.24, 2.45) is 0 Å². The Hall–Kier alpha value is -0.680. The summed E-state index contributed by atoms with van der Waals surface area (Å²) in [6, 6.07) is -0.0661. The number of piperidine rings is 1. The summed E-state index contributed by atoms with van der Waals surface area (Å²) in [4.78, 5) is 11.8. The van der Waals surface area contributed by atoms with Gasteiger partial charge in [-0.1, -0.05) is 22.7 Å². The Morgan fingerprint density at radius 3 is 2.94 bits per heavy atom. The highest BCUT2D eigenvalue weighted by atomic mass is 32.2. The van der Waals surface area contributed by atoms with Crippen LogP contribution in [0.3, 0.4) is 0 Å². The Morgan fingerprint density at radius 2 is 2.25 bits per heavy atom. The van der Waals surface area contributed by atoms with Crippen molar-refractivity contribution in [2.75, 3.05) is 13.2 Å². The first-order valence-corrected chi connectivity index (χ1v) is 7.37. The van der Waals surface area contributed by atoms with Crippen molar-refractivity contribution in [1.82, 2.24) is 4.58 Å². The third kappa shape index (κ3) is 2.52. The van der Waals surface area contributed by atoms with Crippen LogP contribution in [0.2, 0.25) is 0 Å². The predicted molar refractivity (Wildman–Crippen MR) is 66.6 cm³/mol. The van der Waals surface area contributed by atoms with Crippen molar-refractivity contribution in [3.05, 3.63) is 14.7 Å². The van der Waals surface area contributed by atoms with Gasteiger partial charge < -0.3 is 4.74 Å². The van der Waals surface area contributed by atoms with Gasteiger partial charge in [0, 0.05) is 23.6 Å². The summed E-state index contributed by atoms with van der Waals surface area (Å²) in [7, 11) is 0. The van der Waals surface area contributed by atoms with Crippen LogP contribution in [-0.4, -0.2) is 25.2 Å². The number of hydrogen-bond acceptors (Lipinski definition) is 4. The van der Waals surface area contributed by atoms with E-state index < -0.39 is 0 Å². The van der Waals surface area contributed by atoms with Gasteiger partial charge in [0.25, 0.3) is 6.04 Å². The number of nitrogens with zero attached hydrogens (tertiary/aromatic N) is 1. The second kappa shape index (κ2) is 5.59. The monoisotopic (exact) mass is 258 g/mol. The molecule has 0 N–H and O–H groups in total. The van der Waals surface area contributed by atoms with E-state index in [0.29, 0.717) is 6.61 Å². The lowest BCUT2D eigenvalue weighted by molar-refractivity contribution is -0.146. The lowest BCUT2D eigenvalue weighted by Crippen LogP contribution is -2.46. The fourth-order valence-electron chi connectivity index (χ4n) is 1.97. The minimum absolute atomic E-state index is 0.0661. The molecule has 1 fully saturated rings. The van der Waals surface area contributed by atoms with E-state index in [2.05, 4.69) is 15.3 Å². The molecule has 1 atom stereocenters. The minimum atomic E-state index is -0.0669. The van der Waals surface area contributed by atoms with E-state index in [0.717, 1.165) is 19.4 Å². The van der Waals surface area contributed by atoms with E-state index in [1.54, 1.807) is 22.7 Å². The van der Waals surface area contributed by atoms with Crippen molar-refractivity contribution in [2.45, 2.75) is 32.2 Å². The van der Waals surface area contributed by atoms with Gasteiger partial charge in [0.2, 0.25) is 0 Å². The van der Waals surface area contributed by atoms with Gasteiger partial charge in [-0.15, -0.1) is 0 Å². The van der Waals surface area contributed by atoms with E-state index in [4.69, 9.17) is 4.74 Å². The molecule has 1 saturated heterocycles. The van der Waals surface area contributed by atoms with Gasteiger partial charge in [-0.2, -0.15) is 4.58 Å². The summed E-state index contributed by atoms with van der Waals surface area (Å²) in [5.74, 6) is -0.0669. The van der Waals surface area contributed by atoms with Crippen LogP contribution in [0.25, 0.3) is 0 Å². The van der Waals surface area contributed by atoms with Crippen molar-refractivity contribution in [1.29, 1.82) is 0 Å². The minimum Gasteiger partial charge on any atom is -0.461 e. The van der Waals surface area contributed by atoms with Gasteiger partial charge in [-0.05, 0) is 13.3 Å². The third-order valence-corrected chi connectivity index (χ3v) is 4.86. The molecule has 0 aromatic carbocycles. The van der Waals surface area contributed by atoms with E-state index in [1.807, 2.05) is 6.92 Å². The second-order valence-corrected chi connectivity index (χ2v) is 5.78. The highest BCUT2D eigenvalue weighted by Gasteiger charge is 2.34. The fraction of sp³-hybridized carbons (Fsp3) is 0.636. The van der Waals surface area contributed by atoms with Crippen molar-refractivity contribution in [3.63, 3.8) is 0 Å². The molecule has 0 saturated carbocycles. The average Bonchev–Trinajstić information content (AvgIpc) is 2.83. The molecule has 0 spiro atoms. The molecule has 1 aromatic heterocycles. The number of carbonyl (C=O) groups excluding carboxylic acids is 1. The Labute approximate surface area is 103 Å². The Balaban J connectivity index is 2.29. The molecular formula is C11H16NO2S2+. The van der Waals surface area contributed by atoms with Gasteiger partial charge >= 0.3 is 9.95 Å². The van der Waals surface area contributed by atoms with Crippen LogP contribution in [0.1, 0.15) is 26.2 Å². The first-order valence-electron chi connectivity index (χ1n) is 5.61. The molecule has 16 heavy (non-hydrogen) atoms. The smallest absolute Gasteiger partial charge is 0.375 e. The lowest BCUT2D eigenvalue weighted by Gasteiger charge is -2.18. The van der Waals surface area contributed by atoms with Crippen LogP contribution in [0.15, 0.2) is 10.8 Å². The van der Waals surface area contributed by atoms with Crippen LogP contribution >= 0.6 is 22.7 Å². The first-order chi connectivity index (χ1) is 7.83. The zero-order valence-electron chi connectivity index (χ0n) is 9.35. The molecule has 0 bridgehead atoms. The quantitative estimate of drug-likeness (QED) is 0.597. The van der Waals surface area contributed by atoms with Crippen molar-refractivity contribution in [3.8, 4) is 0 Å². The molecule has 5 heteroatoms. The van der Waals surface area contributed by atoms with E-state index in [1.165, 1.54) is 10.4 Å². The predicted octanol–water partition coefficient (Wildman–Crippen LogP) is 1.70. The van der Waals surface area contributed by atoms with Crippen LogP contribution < -0.4 is 8.56 Å². The van der Waals surface area contributed by atoms with E-state index >= 15 is 0 Å². The highest BCUT2D eigenvalue weighted by molar-refractivity contribution is 7.24. The maximum Gasteiger partial charge on any atom is 0.375 e. The summed E-state index contributed by atoms with van der Waals surface area (Å²) in [6.45, 7) is 3.30. The summed E-state index contributed by atoms with van der Waals surface area (Å²) in [5.41, 5.74) is 0. The summed E-state index contributed by atoms with van der Waals surface area (Å²) >= 11 is 3.41. The van der Waals surface area contributed by atoms with Crippen LogP contribution in [0, 0.1) is 0 Å². The Kier molecular flexibility index (Phi) is 4.12. The Bertz CT molecular complexity index is 405. The highest BCUT2D eigenvalue weighted by Crippen LogP contribution is 2.12. The molecule has 2 heterocycles. The molecule has 0 radical (unpaired) electrons. The topological polar surface area (TPSA) is 29.3 Å². The van der Waals surface area contributed by atoms with E-state index in [9.17, 15) is 4.79 Å². The number of carbonyl (C=O) groups is 1. The van der Waals surface area contributed by atoms with Crippen LogP contribution in [0.4, 0.5) is 0 Å². The van der Waals surface area contributed by atoms with Gasteiger partial charge in [0.05, 0.1) is 6.61 Å². The normalized spacial score (nSPS) is 20.8. The number of ether oxygens (including phenoxy) is 1. The molecule has 1 unspecified atom stereocenters. The van der Waals surface area contributed by atoms with Gasteiger partial charge in [-0.3, -0.25) is 0 Å². The molecule has 0 aliphatic carbocycles. The Morgan fingerprint density at radius 1 is 1.50 bits per heavy atom. The molecule has 1 aliphatic rings. The SMILES string of the molecule is CCOC(=O)C1CCCC[N+]1=c1sccs1. The maximum atomic E-state index is 11.8. The summed E-state index contributed by atoms with van der Waals surface area (Å²) in [6.07, 6.45) is 3.21. The fourth-order valence-corrected chi connectivity index (χ4v) is 3.91. The molecular weight excluding hydrogens is 242 g/mol. The number of rotatable bonds is 2. The first kappa shape index (κ1) is 11.8. The molecule has 3 nitrogen and oxygen atoms in total. The second-order valence-electron chi connectivity index (χ2n) is 3.73. The van der Waals surface area contributed by atoms with Gasteiger partial charge in [-0.25, -0.2) is 4.79 Å². The number of esters is 1. The molecule has 1 aliphatic heterocycles. The van der Waals surface area contributed by atoms with Gasteiger partial charge in [0.15, 0.2) is 0 Å². The van der Waals surface area contributed by atoms with Crippen molar-refractivity contribution < 1.29 is 9.53 Å².